The second-order valence-corrected chi connectivity index (χ2v) is 7.24. The molecule has 2 atom stereocenters. The standard InChI is InChI=1S/C23H14N2O6/c26-19(15-6-5-12-3-1-2-4-14(12)11-15)18-17-20(31-24-18)22(28)25(21(17)27)16-9-7-13(8-10-16)23(29)30/h1-11,17,20H,(H,29,30)/t17-,20-/m1/s1. The summed E-state index contributed by atoms with van der Waals surface area (Å²) in [6.07, 6.45) is -1.22. The molecule has 2 amide bonds. The summed E-state index contributed by atoms with van der Waals surface area (Å²) in [6.45, 7) is 0. The summed E-state index contributed by atoms with van der Waals surface area (Å²) in [5, 5.41) is 14.6. The monoisotopic (exact) mass is 414 g/mol. The summed E-state index contributed by atoms with van der Waals surface area (Å²) in [6, 6.07) is 18.0. The van der Waals surface area contributed by atoms with Crippen LogP contribution in [0.4, 0.5) is 5.69 Å². The number of anilines is 1. The van der Waals surface area contributed by atoms with Crippen LogP contribution < -0.4 is 4.90 Å². The first-order valence-corrected chi connectivity index (χ1v) is 9.44. The highest BCUT2D eigenvalue weighted by molar-refractivity contribution is 6.52. The van der Waals surface area contributed by atoms with E-state index < -0.39 is 35.6 Å². The van der Waals surface area contributed by atoms with Crippen LogP contribution in [0.25, 0.3) is 10.8 Å². The molecular formula is C23H14N2O6. The van der Waals surface area contributed by atoms with Gasteiger partial charge < -0.3 is 9.94 Å². The Morgan fingerprint density at radius 1 is 0.871 bits per heavy atom. The van der Waals surface area contributed by atoms with Gasteiger partial charge in [-0.2, -0.15) is 0 Å². The average molecular weight is 414 g/mol. The van der Waals surface area contributed by atoms with Crippen molar-refractivity contribution in [1.82, 2.24) is 0 Å². The Kier molecular flexibility index (Phi) is 4.14. The number of carboxylic acid groups (broad SMARTS) is 1. The van der Waals surface area contributed by atoms with Crippen LogP contribution in [0.3, 0.4) is 0 Å². The minimum atomic E-state index is -1.22. The smallest absolute Gasteiger partial charge is 0.335 e. The molecule has 31 heavy (non-hydrogen) atoms. The summed E-state index contributed by atoms with van der Waals surface area (Å²) in [5.74, 6) is -4.04. The van der Waals surface area contributed by atoms with Crippen molar-refractivity contribution in [3.05, 3.63) is 77.9 Å². The molecule has 0 bridgehead atoms. The Morgan fingerprint density at radius 2 is 1.55 bits per heavy atom. The molecule has 8 nitrogen and oxygen atoms in total. The van der Waals surface area contributed by atoms with Gasteiger partial charge in [0.25, 0.3) is 5.91 Å². The number of aromatic carboxylic acids is 1. The van der Waals surface area contributed by atoms with Crippen LogP contribution in [0.1, 0.15) is 20.7 Å². The molecule has 0 aromatic heterocycles. The second kappa shape index (κ2) is 6.88. The molecule has 8 heteroatoms. The van der Waals surface area contributed by atoms with Crippen molar-refractivity contribution in [2.75, 3.05) is 4.90 Å². The Labute approximate surface area is 175 Å². The third kappa shape index (κ3) is 2.88. The van der Waals surface area contributed by atoms with Gasteiger partial charge in [-0.15, -0.1) is 0 Å². The molecule has 0 unspecified atom stereocenters. The Balaban J connectivity index is 1.45. The molecule has 0 spiro atoms. The Morgan fingerprint density at radius 3 is 2.26 bits per heavy atom. The molecule has 0 saturated carbocycles. The summed E-state index contributed by atoms with van der Waals surface area (Å²) >= 11 is 0. The quantitative estimate of drug-likeness (QED) is 0.519. The number of rotatable bonds is 4. The van der Waals surface area contributed by atoms with E-state index in [1.54, 1.807) is 18.2 Å². The average Bonchev–Trinajstić information content (AvgIpc) is 3.33. The number of imide groups is 1. The Bertz CT molecular complexity index is 1310. The maximum absolute atomic E-state index is 13.1. The van der Waals surface area contributed by atoms with Gasteiger partial charge in [0.2, 0.25) is 17.8 Å². The highest BCUT2D eigenvalue weighted by Crippen LogP contribution is 2.34. The molecule has 152 valence electrons. The molecule has 2 heterocycles. The zero-order valence-electron chi connectivity index (χ0n) is 15.9. The van der Waals surface area contributed by atoms with Crippen LogP contribution in [0, 0.1) is 5.92 Å². The molecule has 0 radical (unpaired) electrons. The fourth-order valence-electron chi connectivity index (χ4n) is 3.85. The van der Waals surface area contributed by atoms with Gasteiger partial charge in [-0.1, -0.05) is 41.6 Å². The van der Waals surface area contributed by atoms with Gasteiger partial charge in [-0.05, 0) is 41.1 Å². The molecule has 3 aromatic rings. The molecule has 1 saturated heterocycles. The number of oxime groups is 1. The van der Waals surface area contributed by atoms with E-state index in [-0.39, 0.29) is 17.0 Å². The van der Waals surface area contributed by atoms with Crippen molar-refractivity contribution in [2.45, 2.75) is 6.10 Å². The van der Waals surface area contributed by atoms with E-state index in [9.17, 15) is 19.2 Å². The molecule has 0 aliphatic carbocycles. The van der Waals surface area contributed by atoms with Crippen LogP contribution in [0.2, 0.25) is 0 Å². The van der Waals surface area contributed by atoms with Crippen LogP contribution in [0.15, 0.2) is 71.9 Å². The van der Waals surface area contributed by atoms with Gasteiger partial charge in [0.05, 0.1) is 11.3 Å². The van der Waals surface area contributed by atoms with Crippen LogP contribution >= 0.6 is 0 Å². The number of amides is 2. The number of Topliss-reactive ketones (excluding diaryl/α,β-unsaturated/α-hetero) is 1. The number of benzene rings is 3. The van der Waals surface area contributed by atoms with Gasteiger partial charge in [-0.25, -0.2) is 9.69 Å². The van der Waals surface area contributed by atoms with Gasteiger partial charge in [0.1, 0.15) is 11.6 Å². The van der Waals surface area contributed by atoms with E-state index in [0.717, 1.165) is 15.7 Å². The molecule has 3 aromatic carbocycles. The molecule has 2 aliphatic heterocycles. The van der Waals surface area contributed by atoms with Gasteiger partial charge in [0.15, 0.2) is 0 Å². The lowest BCUT2D eigenvalue weighted by Crippen LogP contribution is -2.34. The zero-order valence-corrected chi connectivity index (χ0v) is 15.9. The first-order valence-electron chi connectivity index (χ1n) is 9.44. The number of fused-ring (bicyclic) bond motifs is 2. The first kappa shape index (κ1) is 18.7. The number of hydrogen-bond acceptors (Lipinski definition) is 6. The number of ketones is 1. The minimum absolute atomic E-state index is 0.0213. The number of carbonyl (C=O) groups excluding carboxylic acids is 3. The summed E-state index contributed by atoms with van der Waals surface area (Å²) < 4.78 is 0. The predicted molar refractivity (Wildman–Crippen MR) is 110 cm³/mol. The maximum Gasteiger partial charge on any atom is 0.335 e. The second-order valence-electron chi connectivity index (χ2n) is 7.24. The Hall–Kier alpha value is -4.33. The summed E-state index contributed by atoms with van der Waals surface area (Å²) in [5.41, 5.74) is 0.443. The lowest BCUT2D eigenvalue weighted by atomic mass is 9.92. The topological polar surface area (TPSA) is 113 Å². The van der Waals surface area contributed by atoms with Crippen molar-refractivity contribution < 1.29 is 29.1 Å². The van der Waals surface area contributed by atoms with E-state index in [1.165, 1.54) is 24.3 Å². The number of carbonyl (C=O) groups is 4. The van der Waals surface area contributed by atoms with Crippen LogP contribution in [0.5, 0.6) is 0 Å². The largest absolute Gasteiger partial charge is 0.478 e. The van der Waals surface area contributed by atoms with Gasteiger partial charge in [-0.3, -0.25) is 14.4 Å². The molecule has 1 fully saturated rings. The lowest BCUT2D eigenvalue weighted by molar-refractivity contribution is -0.126. The lowest BCUT2D eigenvalue weighted by Gasteiger charge is -2.15. The summed E-state index contributed by atoms with van der Waals surface area (Å²) in [7, 11) is 0. The fourth-order valence-corrected chi connectivity index (χ4v) is 3.85. The van der Waals surface area contributed by atoms with E-state index in [1.807, 2.05) is 24.3 Å². The van der Waals surface area contributed by atoms with Crippen LogP contribution in [-0.4, -0.2) is 40.5 Å². The third-order valence-electron chi connectivity index (χ3n) is 5.43. The van der Waals surface area contributed by atoms with Crippen molar-refractivity contribution in [3.8, 4) is 0 Å². The van der Waals surface area contributed by atoms with Crippen molar-refractivity contribution in [1.29, 1.82) is 0 Å². The third-order valence-corrected chi connectivity index (χ3v) is 5.43. The van der Waals surface area contributed by atoms with Crippen LogP contribution in [-0.2, 0) is 14.4 Å². The normalized spacial score (nSPS) is 19.9. The minimum Gasteiger partial charge on any atom is -0.478 e. The highest BCUT2D eigenvalue weighted by atomic mass is 16.7. The number of nitrogens with zero attached hydrogens (tertiary/aromatic N) is 2. The van der Waals surface area contributed by atoms with Crippen molar-refractivity contribution >= 4 is 45.7 Å². The van der Waals surface area contributed by atoms with Gasteiger partial charge in [0, 0.05) is 5.56 Å². The van der Waals surface area contributed by atoms with E-state index in [0.29, 0.717) is 5.56 Å². The highest BCUT2D eigenvalue weighted by Gasteiger charge is 2.57. The predicted octanol–water partition coefficient (Wildman–Crippen LogP) is 2.67. The van der Waals surface area contributed by atoms with E-state index in [2.05, 4.69) is 5.16 Å². The van der Waals surface area contributed by atoms with Gasteiger partial charge >= 0.3 is 5.97 Å². The van der Waals surface area contributed by atoms with Crippen molar-refractivity contribution in [3.63, 3.8) is 0 Å². The van der Waals surface area contributed by atoms with Crippen molar-refractivity contribution in [2.24, 2.45) is 11.1 Å². The molecule has 2 aliphatic rings. The number of carboxylic acids is 1. The molecule has 1 N–H and O–H groups in total. The van der Waals surface area contributed by atoms with E-state index in [4.69, 9.17) is 9.94 Å². The van der Waals surface area contributed by atoms with E-state index >= 15 is 0 Å². The number of hydrogen-bond donors (Lipinski definition) is 1. The fraction of sp³-hybridized carbons (Fsp3) is 0.0870. The summed E-state index contributed by atoms with van der Waals surface area (Å²) in [4.78, 5) is 56.0. The SMILES string of the molecule is O=C(O)c1ccc(N2C(=O)[C@@H]3C(C(=O)c4ccc5ccccc5c4)=NO[C@H]3C2=O)cc1. The first-order chi connectivity index (χ1) is 15.0. The zero-order chi connectivity index (χ0) is 21.7. The maximum atomic E-state index is 13.1. The molecule has 5 rings (SSSR count). The molecular weight excluding hydrogens is 400 g/mol.